The van der Waals surface area contributed by atoms with Crippen LogP contribution in [0.4, 0.5) is 0 Å². The van der Waals surface area contributed by atoms with Crippen molar-refractivity contribution in [3.63, 3.8) is 0 Å². The standard InChI is InChI=1S/C23H35N5O/c1-5-24-22(26-16-19-10-9-13-29-21(19)23(2,3)4)25-14-18-15-27-28(17-18)20-11-7-6-8-12-20/h6-8,11-12,15,17,19,21H,5,9-10,13-14,16H2,1-4H3,(H2,24,25,26). The van der Waals surface area contributed by atoms with Crippen molar-refractivity contribution in [2.45, 2.75) is 53.2 Å². The molecule has 6 nitrogen and oxygen atoms in total. The van der Waals surface area contributed by atoms with Gasteiger partial charge in [-0.05, 0) is 37.3 Å². The Bertz CT molecular complexity index is 778. The lowest BCUT2D eigenvalue weighted by atomic mass is 9.78. The maximum Gasteiger partial charge on any atom is 0.191 e. The minimum absolute atomic E-state index is 0.147. The third kappa shape index (κ3) is 6.07. The number of ether oxygens (including phenoxy) is 1. The Hall–Kier alpha value is -2.34. The molecule has 0 spiro atoms. The molecule has 0 saturated carbocycles. The van der Waals surface area contributed by atoms with Crippen molar-refractivity contribution in [2.75, 3.05) is 19.7 Å². The number of aromatic nitrogens is 2. The van der Waals surface area contributed by atoms with Gasteiger partial charge in [0, 0.05) is 37.4 Å². The van der Waals surface area contributed by atoms with Gasteiger partial charge in [-0.15, -0.1) is 0 Å². The number of aliphatic imine (C=N–C) groups is 1. The van der Waals surface area contributed by atoms with Crippen LogP contribution in [0.1, 0.15) is 46.1 Å². The van der Waals surface area contributed by atoms with Gasteiger partial charge in [-0.1, -0.05) is 39.0 Å². The summed E-state index contributed by atoms with van der Waals surface area (Å²) in [5.74, 6) is 1.34. The molecule has 2 unspecified atom stereocenters. The molecule has 0 radical (unpaired) electrons. The minimum atomic E-state index is 0.147. The second-order valence-corrected chi connectivity index (χ2v) is 8.76. The lowest BCUT2D eigenvalue weighted by Crippen LogP contribution is -2.47. The van der Waals surface area contributed by atoms with E-state index in [9.17, 15) is 0 Å². The highest BCUT2D eigenvalue weighted by atomic mass is 16.5. The molecule has 0 aliphatic carbocycles. The van der Waals surface area contributed by atoms with Crippen LogP contribution >= 0.6 is 0 Å². The molecular formula is C23H35N5O. The summed E-state index contributed by atoms with van der Waals surface area (Å²) in [7, 11) is 0. The molecule has 1 fully saturated rings. The molecule has 2 heterocycles. The molecule has 0 amide bonds. The molecule has 1 aromatic heterocycles. The second kappa shape index (κ2) is 9.92. The van der Waals surface area contributed by atoms with Crippen LogP contribution in [0.3, 0.4) is 0 Å². The maximum absolute atomic E-state index is 6.11. The second-order valence-electron chi connectivity index (χ2n) is 8.76. The van der Waals surface area contributed by atoms with E-state index < -0.39 is 0 Å². The van der Waals surface area contributed by atoms with Crippen molar-refractivity contribution < 1.29 is 4.74 Å². The van der Waals surface area contributed by atoms with Crippen LogP contribution in [0.2, 0.25) is 0 Å². The molecule has 1 saturated heterocycles. The third-order valence-electron chi connectivity index (χ3n) is 5.25. The van der Waals surface area contributed by atoms with E-state index in [4.69, 9.17) is 9.73 Å². The number of hydrogen-bond donors (Lipinski definition) is 2. The largest absolute Gasteiger partial charge is 0.377 e. The van der Waals surface area contributed by atoms with E-state index >= 15 is 0 Å². The summed E-state index contributed by atoms with van der Waals surface area (Å²) < 4.78 is 8.00. The maximum atomic E-state index is 6.11. The number of benzene rings is 1. The van der Waals surface area contributed by atoms with Gasteiger partial charge < -0.3 is 15.4 Å². The quantitative estimate of drug-likeness (QED) is 0.575. The fraction of sp³-hybridized carbons (Fsp3) is 0.565. The van der Waals surface area contributed by atoms with Gasteiger partial charge in [-0.2, -0.15) is 5.10 Å². The van der Waals surface area contributed by atoms with Crippen LogP contribution in [0.15, 0.2) is 47.7 Å². The summed E-state index contributed by atoms with van der Waals surface area (Å²) in [6.45, 7) is 12.0. The van der Waals surface area contributed by atoms with Gasteiger partial charge in [-0.25, -0.2) is 9.67 Å². The Labute approximate surface area is 174 Å². The first-order valence-corrected chi connectivity index (χ1v) is 10.7. The molecular weight excluding hydrogens is 362 g/mol. The van der Waals surface area contributed by atoms with E-state index in [1.807, 2.05) is 47.4 Å². The Kier molecular flexibility index (Phi) is 7.31. The normalized spacial score (nSPS) is 20.5. The molecule has 0 bridgehead atoms. The summed E-state index contributed by atoms with van der Waals surface area (Å²) in [4.78, 5) is 4.76. The van der Waals surface area contributed by atoms with Crippen LogP contribution in [-0.2, 0) is 11.3 Å². The average Bonchev–Trinajstić information content (AvgIpc) is 3.19. The van der Waals surface area contributed by atoms with Crippen LogP contribution in [0.25, 0.3) is 5.69 Å². The fourth-order valence-electron chi connectivity index (χ4n) is 3.91. The van der Waals surface area contributed by atoms with Gasteiger partial charge >= 0.3 is 0 Å². The molecule has 6 heteroatoms. The lowest BCUT2D eigenvalue weighted by molar-refractivity contribution is -0.0835. The van der Waals surface area contributed by atoms with Crippen molar-refractivity contribution >= 4 is 5.96 Å². The summed E-state index contributed by atoms with van der Waals surface area (Å²) >= 11 is 0. The first-order chi connectivity index (χ1) is 14.0. The third-order valence-corrected chi connectivity index (χ3v) is 5.25. The van der Waals surface area contributed by atoms with Crippen LogP contribution in [-0.4, -0.2) is 41.5 Å². The fourth-order valence-corrected chi connectivity index (χ4v) is 3.91. The highest BCUT2D eigenvalue weighted by Crippen LogP contribution is 2.33. The Balaban J connectivity index is 1.61. The SMILES string of the molecule is CCNC(=NCc1cnn(-c2ccccc2)c1)NCC1CCCOC1C(C)(C)C. The smallest absolute Gasteiger partial charge is 0.191 e. The predicted octanol–water partition coefficient (Wildman–Crippen LogP) is 3.77. The first-order valence-electron chi connectivity index (χ1n) is 10.7. The Morgan fingerprint density at radius 2 is 2.03 bits per heavy atom. The molecule has 29 heavy (non-hydrogen) atoms. The Morgan fingerprint density at radius 1 is 1.24 bits per heavy atom. The van der Waals surface area contributed by atoms with E-state index in [2.05, 4.69) is 43.4 Å². The van der Waals surface area contributed by atoms with Crippen molar-refractivity contribution in [2.24, 2.45) is 16.3 Å². The van der Waals surface area contributed by atoms with E-state index in [0.717, 1.165) is 43.3 Å². The molecule has 2 atom stereocenters. The number of rotatable bonds is 6. The van der Waals surface area contributed by atoms with Gasteiger partial charge in [0.05, 0.1) is 24.5 Å². The molecule has 2 N–H and O–H groups in total. The van der Waals surface area contributed by atoms with Crippen LogP contribution in [0.5, 0.6) is 0 Å². The topological polar surface area (TPSA) is 63.5 Å². The van der Waals surface area contributed by atoms with E-state index in [1.54, 1.807) is 0 Å². The van der Waals surface area contributed by atoms with Gasteiger partial charge in [0.2, 0.25) is 0 Å². The molecule has 1 aliphatic rings. The van der Waals surface area contributed by atoms with E-state index in [1.165, 1.54) is 6.42 Å². The van der Waals surface area contributed by atoms with Gasteiger partial charge in [0.15, 0.2) is 5.96 Å². The number of guanidine groups is 1. The molecule has 3 rings (SSSR count). The number of para-hydroxylation sites is 1. The number of hydrogen-bond acceptors (Lipinski definition) is 3. The Morgan fingerprint density at radius 3 is 2.76 bits per heavy atom. The van der Waals surface area contributed by atoms with Crippen molar-refractivity contribution in [3.05, 3.63) is 48.3 Å². The summed E-state index contributed by atoms with van der Waals surface area (Å²) in [6, 6.07) is 10.1. The average molecular weight is 398 g/mol. The molecule has 2 aromatic rings. The van der Waals surface area contributed by atoms with Crippen LogP contribution in [0, 0.1) is 11.3 Å². The van der Waals surface area contributed by atoms with Crippen molar-refractivity contribution in [1.82, 2.24) is 20.4 Å². The summed E-state index contributed by atoms with van der Waals surface area (Å²) in [5.41, 5.74) is 2.28. The van der Waals surface area contributed by atoms with Crippen LogP contribution < -0.4 is 10.6 Å². The summed E-state index contributed by atoms with van der Waals surface area (Å²) in [5, 5.41) is 11.3. The molecule has 1 aromatic carbocycles. The predicted molar refractivity (Wildman–Crippen MR) is 118 cm³/mol. The molecule has 1 aliphatic heterocycles. The lowest BCUT2D eigenvalue weighted by Gasteiger charge is -2.40. The number of nitrogens with one attached hydrogen (secondary N) is 2. The highest BCUT2D eigenvalue weighted by molar-refractivity contribution is 5.79. The first kappa shape index (κ1) is 21.4. The molecule has 158 valence electrons. The van der Waals surface area contributed by atoms with Gasteiger partial charge in [-0.3, -0.25) is 0 Å². The van der Waals surface area contributed by atoms with E-state index in [0.29, 0.717) is 12.5 Å². The zero-order chi connectivity index (χ0) is 20.7. The monoisotopic (exact) mass is 397 g/mol. The zero-order valence-corrected chi connectivity index (χ0v) is 18.2. The number of nitrogens with zero attached hydrogens (tertiary/aromatic N) is 3. The minimum Gasteiger partial charge on any atom is -0.377 e. The van der Waals surface area contributed by atoms with Gasteiger partial charge in [0.1, 0.15) is 0 Å². The summed E-state index contributed by atoms with van der Waals surface area (Å²) in [6.07, 6.45) is 6.51. The zero-order valence-electron chi connectivity index (χ0n) is 18.2. The highest BCUT2D eigenvalue weighted by Gasteiger charge is 2.35. The van der Waals surface area contributed by atoms with E-state index in [-0.39, 0.29) is 11.5 Å². The van der Waals surface area contributed by atoms with Crippen molar-refractivity contribution in [1.29, 1.82) is 0 Å². The van der Waals surface area contributed by atoms with Gasteiger partial charge in [0.25, 0.3) is 0 Å². The van der Waals surface area contributed by atoms with Crippen molar-refractivity contribution in [3.8, 4) is 5.69 Å².